The molecule has 1 aromatic carbocycles. The molecule has 0 bridgehead atoms. The maximum absolute atomic E-state index is 13.4. The molecule has 0 aliphatic carbocycles. The number of nitrogens with one attached hydrogen (secondary N) is 1. The Balaban J connectivity index is 1.57. The number of nitrogens with zero attached hydrogens (tertiary/aromatic N) is 3. The fourth-order valence-electron chi connectivity index (χ4n) is 3.83. The van der Waals surface area contributed by atoms with Crippen LogP contribution in [0.4, 0.5) is 0 Å². The fraction of sp³-hybridized carbons (Fsp3) is 0.273. The molecule has 1 N–H and O–H groups in total. The molecule has 0 fully saturated rings. The highest BCUT2D eigenvalue weighted by molar-refractivity contribution is 7.89. The third-order valence-electron chi connectivity index (χ3n) is 5.77. The summed E-state index contributed by atoms with van der Waals surface area (Å²) < 4.78 is 30.4. The third kappa shape index (κ3) is 3.94. The molecule has 3 aromatic rings. The van der Waals surface area contributed by atoms with Gasteiger partial charge in [-0.3, -0.25) is 4.79 Å². The molecule has 31 heavy (non-hydrogen) atoms. The summed E-state index contributed by atoms with van der Waals surface area (Å²) in [6.45, 7) is 2.43. The average Bonchev–Trinajstić information content (AvgIpc) is 3.08. The molecule has 9 heteroatoms. The van der Waals surface area contributed by atoms with E-state index in [2.05, 4.69) is 5.32 Å². The highest BCUT2D eigenvalue weighted by Crippen LogP contribution is 2.28. The van der Waals surface area contributed by atoms with Gasteiger partial charge in [-0.05, 0) is 36.6 Å². The van der Waals surface area contributed by atoms with E-state index in [1.807, 2.05) is 24.3 Å². The number of carbonyl (C=O) groups is 1. The predicted molar refractivity (Wildman–Crippen MR) is 114 cm³/mol. The highest BCUT2D eigenvalue weighted by atomic mass is 32.2. The first kappa shape index (κ1) is 21.1. The van der Waals surface area contributed by atoms with Gasteiger partial charge in [0.2, 0.25) is 15.7 Å². The summed E-state index contributed by atoms with van der Waals surface area (Å²) in [6, 6.07) is 14.2. The SMILES string of the molecule is Cc1c(S(=O)(=O)N2CCc3ccccc3C2)cc(C(=O)NCc2cccc[n+]2[O-])n1C. The molecule has 3 heterocycles. The van der Waals surface area contributed by atoms with E-state index in [4.69, 9.17) is 0 Å². The smallest absolute Gasteiger partial charge is 0.268 e. The molecule has 1 amide bonds. The van der Waals surface area contributed by atoms with E-state index in [0.717, 1.165) is 11.1 Å². The Morgan fingerprint density at radius 1 is 1.16 bits per heavy atom. The van der Waals surface area contributed by atoms with Crippen molar-refractivity contribution in [3.05, 3.63) is 88.1 Å². The Bertz CT molecular complexity index is 1250. The van der Waals surface area contributed by atoms with Crippen molar-refractivity contribution in [3.8, 4) is 0 Å². The van der Waals surface area contributed by atoms with Crippen LogP contribution < -0.4 is 10.0 Å². The fourth-order valence-corrected chi connectivity index (χ4v) is 5.52. The topological polar surface area (TPSA) is 98.3 Å². The molecule has 8 nitrogen and oxygen atoms in total. The Kier molecular flexibility index (Phi) is 5.55. The van der Waals surface area contributed by atoms with E-state index in [1.54, 1.807) is 36.7 Å². The van der Waals surface area contributed by atoms with Crippen LogP contribution in [0.3, 0.4) is 0 Å². The summed E-state index contributed by atoms with van der Waals surface area (Å²) in [6.07, 6.45) is 2.01. The lowest BCUT2D eigenvalue weighted by Gasteiger charge is -2.28. The van der Waals surface area contributed by atoms with Crippen molar-refractivity contribution in [2.24, 2.45) is 7.05 Å². The minimum absolute atomic E-state index is 0.0401. The van der Waals surface area contributed by atoms with Crippen LogP contribution in [0.15, 0.2) is 59.6 Å². The number of amides is 1. The van der Waals surface area contributed by atoms with Gasteiger partial charge in [-0.15, -0.1) is 0 Å². The molecule has 1 aliphatic rings. The van der Waals surface area contributed by atoms with Gasteiger partial charge in [0.25, 0.3) is 5.91 Å². The summed E-state index contributed by atoms with van der Waals surface area (Å²) in [7, 11) is -2.11. The van der Waals surface area contributed by atoms with Crippen LogP contribution in [-0.4, -0.2) is 29.7 Å². The number of fused-ring (bicyclic) bond motifs is 1. The average molecular weight is 441 g/mol. The van der Waals surface area contributed by atoms with Gasteiger partial charge in [-0.1, -0.05) is 24.3 Å². The summed E-state index contributed by atoms with van der Waals surface area (Å²) >= 11 is 0. The van der Waals surface area contributed by atoms with E-state index >= 15 is 0 Å². The molecule has 1 aliphatic heterocycles. The van der Waals surface area contributed by atoms with Gasteiger partial charge in [0.05, 0.1) is 0 Å². The first-order valence-corrected chi connectivity index (χ1v) is 11.4. The van der Waals surface area contributed by atoms with Gasteiger partial charge in [0.15, 0.2) is 6.20 Å². The highest BCUT2D eigenvalue weighted by Gasteiger charge is 2.32. The van der Waals surface area contributed by atoms with E-state index in [1.165, 1.54) is 16.6 Å². The number of hydrogen-bond acceptors (Lipinski definition) is 4. The Labute approximate surface area is 181 Å². The lowest BCUT2D eigenvalue weighted by atomic mass is 10.0. The minimum atomic E-state index is -3.77. The van der Waals surface area contributed by atoms with Crippen molar-refractivity contribution < 1.29 is 17.9 Å². The zero-order valence-electron chi connectivity index (χ0n) is 17.4. The van der Waals surface area contributed by atoms with E-state index < -0.39 is 15.9 Å². The van der Waals surface area contributed by atoms with Gasteiger partial charge in [-0.25, -0.2) is 8.42 Å². The summed E-state index contributed by atoms with van der Waals surface area (Å²) in [5.41, 5.74) is 3.26. The van der Waals surface area contributed by atoms with Crippen LogP contribution in [0.25, 0.3) is 0 Å². The lowest BCUT2D eigenvalue weighted by Crippen LogP contribution is -2.36. The number of benzene rings is 1. The first-order valence-electron chi connectivity index (χ1n) is 9.97. The number of rotatable bonds is 5. The van der Waals surface area contributed by atoms with Crippen LogP contribution in [0.2, 0.25) is 0 Å². The van der Waals surface area contributed by atoms with Crippen LogP contribution in [0.5, 0.6) is 0 Å². The molecular weight excluding hydrogens is 416 g/mol. The third-order valence-corrected chi connectivity index (χ3v) is 7.73. The normalized spacial score (nSPS) is 14.3. The number of sulfonamides is 1. The molecule has 4 rings (SSSR count). The molecule has 0 saturated carbocycles. The second kappa shape index (κ2) is 8.16. The van der Waals surface area contributed by atoms with E-state index in [9.17, 15) is 18.4 Å². The zero-order valence-corrected chi connectivity index (χ0v) is 18.2. The minimum Gasteiger partial charge on any atom is -0.618 e. The Hall–Kier alpha value is -3.17. The van der Waals surface area contributed by atoms with Crippen molar-refractivity contribution in [1.82, 2.24) is 14.2 Å². The second-order valence-electron chi connectivity index (χ2n) is 7.60. The number of carbonyl (C=O) groups excluding carboxylic acids is 1. The molecule has 162 valence electrons. The molecule has 0 unspecified atom stereocenters. The molecule has 0 atom stereocenters. The molecule has 0 saturated heterocycles. The Morgan fingerprint density at radius 2 is 1.87 bits per heavy atom. The number of aromatic nitrogens is 2. The quantitative estimate of drug-likeness (QED) is 0.482. The maximum Gasteiger partial charge on any atom is 0.268 e. The van der Waals surface area contributed by atoms with Gasteiger partial charge in [0, 0.05) is 38.0 Å². The molecule has 2 aromatic heterocycles. The Morgan fingerprint density at radius 3 is 2.61 bits per heavy atom. The van der Waals surface area contributed by atoms with Gasteiger partial charge in [0.1, 0.15) is 17.1 Å². The van der Waals surface area contributed by atoms with Crippen molar-refractivity contribution in [2.45, 2.75) is 31.3 Å². The summed E-state index contributed by atoms with van der Waals surface area (Å²) in [5.74, 6) is -0.445. The van der Waals surface area contributed by atoms with Crippen molar-refractivity contribution in [3.63, 3.8) is 0 Å². The van der Waals surface area contributed by atoms with E-state index in [-0.39, 0.29) is 17.1 Å². The summed E-state index contributed by atoms with van der Waals surface area (Å²) in [5, 5.41) is 14.5. The predicted octanol–water partition coefficient (Wildman–Crippen LogP) is 1.64. The van der Waals surface area contributed by atoms with Gasteiger partial charge < -0.3 is 15.1 Å². The number of hydrogen-bond donors (Lipinski definition) is 1. The van der Waals surface area contributed by atoms with Gasteiger partial charge in [-0.2, -0.15) is 9.04 Å². The second-order valence-corrected chi connectivity index (χ2v) is 9.50. The van der Waals surface area contributed by atoms with Crippen molar-refractivity contribution in [1.29, 1.82) is 0 Å². The van der Waals surface area contributed by atoms with Crippen molar-refractivity contribution >= 4 is 15.9 Å². The largest absolute Gasteiger partial charge is 0.618 e. The summed E-state index contributed by atoms with van der Waals surface area (Å²) in [4.78, 5) is 12.9. The lowest BCUT2D eigenvalue weighted by molar-refractivity contribution is -0.614. The van der Waals surface area contributed by atoms with Crippen LogP contribution in [-0.2, 0) is 36.6 Å². The maximum atomic E-state index is 13.4. The van der Waals surface area contributed by atoms with Crippen molar-refractivity contribution in [2.75, 3.05) is 6.54 Å². The molecule has 0 radical (unpaired) electrons. The van der Waals surface area contributed by atoms with E-state index in [0.29, 0.717) is 35.6 Å². The molecule has 0 spiro atoms. The first-order chi connectivity index (χ1) is 14.8. The molecular formula is C22H24N4O4S. The zero-order chi connectivity index (χ0) is 22.2. The number of pyridine rings is 1. The van der Waals surface area contributed by atoms with Crippen LogP contribution in [0, 0.1) is 12.1 Å². The van der Waals surface area contributed by atoms with Gasteiger partial charge >= 0.3 is 0 Å². The monoisotopic (exact) mass is 440 g/mol. The standard InChI is InChI=1S/C22H24N4O4S/c1-16-21(31(29,30)25-12-10-17-7-3-4-8-18(17)15-25)13-20(24(16)2)22(27)23-14-19-9-5-6-11-26(19)28/h3-9,11,13H,10,12,14-15H2,1-2H3,(H,23,27). The van der Waals surface area contributed by atoms with Crippen LogP contribution in [0.1, 0.15) is 33.0 Å². The van der Waals surface area contributed by atoms with Crippen LogP contribution >= 0.6 is 0 Å².